The van der Waals surface area contributed by atoms with Crippen LogP contribution in [0.3, 0.4) is 0 Å². The summed E-state index contributed by atoms with van der Waals surface area (Å²) >= 11 is 6.55. The number of rotatable bonds is 8. The topological polar surface area (TPSA) is 69.4 Å². The van der Waals surface area contributed by atoms with Crippen LogP contribution in [0, 0.1) is 12.5 Å². The Hall–Kier alpha value is -3.35. The molecule has 3 atom stereocenters. The smallest absolute Gasteiger partial charge is 0.318 e. The van der Waals surface area contributed by atoms with Crippen molar-refractivity contribution in [3.05, 3.63) is 64.6 Å². The van der Waals surface area contributed by atoms with Gasteiger partial charge in [-0.05, 0) is 63.9 Å². The highest BCUT2D eigenvalue weighted by molar-refractivity contribution is 6.33. The maximum Gasteiger partial charge on any atom is 0.318 e. The molecular weight excluding hydrogens is 526 g/mol. The number of hydrogen-bond donors (Lipinski definition) is 0. The van der Waals surface area contributed by atoms with E-state index in [0.717, 1.165) is 53.6 Å². The molecule has 40 heavy (non-hydrogen) atoms. The molecule has 1 saturated carbocycles. The molecule has 2 aromatic rings. The minimum Gasteiger partial charge on any atom is -0.463 e. The fourth-order valence-electron chi connectivity index (χ4n) is 6.21. The van der Waals surface area contributed by atoms with Gasteiger partial charge in [-0.15, -0.1) is 0 Å². The zero-order valence-electron chi connectivity index (χ0n) is 23.4. The van der Waals surface area contributed by atoms with Crippen molar-refractivity contribution in [3.63, 3.8) is 0 Å². The Bertz CT molecular complexity index is 1280. The van der Waals surface area contributed by atoms with Gasteiger partial charge >= 0.3 is 6.01 Å². The summed E-state index contributed by atoms with van der Waals surface area (Å²) in [5.74, 6) is 1.20. The molecule has 1 amide bonds. The van der Waals surface area contributed by atoms with Gasteiger partial charge in [-0.1, -0.05) is 30.3 Å². The molecule has 3 unspecified atom stereocenters. The summed E-state index contributed by atoms with van der Waals surface area (Å²) < 4.78 is 6.29. The van der Waals surface area contributed by atoms with Crippen molar-refractivity contribution in [3.8, 4) is 6.01 Å². The minimum atomic E-state index is -0.226. The van der Waals surface area contributed by atoms with Crippen LogP contribution in [0.25, 0.3) is 4.85 Å². The number of carbonyl (C=O) groups is 1. The molecule has 2 fully saturated rings. The molecule has 3 aliphatic rings. The van der Waals surface area contributed by atoms with Crippen molar-refractivity contribution in [2.45, 2.75) is 44.3 Å². The third kappa shape index (κ3) is 6.03. The maximum atomic E-state index is 12.5. The van der Waals surface area contributed by atoms with E-state index in [9.17, 15) is 4.79 Å². The van der Waals surface area contributed by atoms with E-state index < -0.39 is 0 Å². The summed E-state index contributed by atoms with van der Waals surface area (Å²) in [4.78, 5) is 34.5. The second-order valence-electron chi connectivity index (χ2n) is 11.2. The van der Waals surface area contributed by atoms with Gasteiger partial charge in [-0.25, -0.2) is 6.57 Å². The molecule has 1 aromatic carbocycles. The van der Waals surface area contributed by atoms with Crippen LogP contribution in [-0.4, -0.2) is 91.2 Å². The van der Waals surface area contributed by atoms with Crippen LogP contribution >= 0.6 is 11.6 Å². The van der Waals surface area contributed by atoms with Gasteiger partial charge in [0.25, 0.3) is 0 Å². The maximum absolute atomic E-state index is 12.5. The van der Waals surface area contributed by atoms with E-state index in [1.807, 2.05) is 24.3 Å². The van der Waals surface area contributed by atoms with Gasteiger partial charge in [0, 0.05) is 37.8 Å². The van der Waals surface area contributed by atoms with Gasteiger partial charge in [-0.3, -0.25) is 4.79 Å². The van der Waals surface area contributed by atoms with Crippen molar-refractivity contribution in [2.24, 2.45) is 5.92 Å². The van der Waals surface area contributed by atoms with Gasteiger partial charge in [0.1, 0.15) is 11.9 Å². The molecule has 10 heteroatoms. The fourth-order valence-corrected chi connectivity index (χ4v) is 6.46. The Morgan fingerprint density at radius 1 is 1.23 bits per heavy atom. The summed E-state index contributed by atoms with van der Waals surface area (Å²) in [6.45, 7) is 15.0. The van der Waals surface area contributed by atoms with E-state index in [1.165, 1.54) is 12.5 Å². The van der Waals surface area contributed by atoms with E-state index in [2.05, 4.69) is 40.2 Å². The van der Waals surface area contributed by atoms with Crippen LogP contribution in [-0.2, 0) is 17.8 Å². The number of halogens is 1. The Morgan fingerprint density at radius 3 is 2.77 bits per heavy atom. The second-order valence-corrected chi connectivity index (χ2v) is 11.6. The molecule has 212 valence electrons. The highest BCUT2D eigenvalue weighted by Gasteiger charge is 2.35. The van der Waals surface area contributed by atoms with Crippen LogP contribution in [0.5, 0.6) is 6.01 Å². The molecule has 1 aromatic heterocycles. The molecule has 0 N–H and O–H groups in total. The van der Waals surface area contributed by atoms with Crippen LogP contribution in [0.2, 0.25) is 5.02 Å². The molecule has 9 nitrogen and oxygen atoms in total. The van der Waals surface area contributed by atoms with E-state index in [-0.39, 0.29) is 18.5 Å². The molecule has 1 saturated heterocycles. The van der Waals surface area contributed by atoms with E-state index in [4.69, 9.17) is 32.9 Å². The van der Waals surface area contributed by atoms with Crippen LogP contribution in [0.15, 0.2) is 36.9 Å². The number of hydrogen-bond acceptors (Lipinski definition) is 7. The number of aromatic nitrogens is 2. The number of amides is 1. The molecular formula is C30H38ClN7O2. The summed E-state index contributed by atoms with van der Waals surface area (Å²) in [5.41, 5.74) is 3.04. The lowest BCUT2D eigenvalue weighted by atomic mass is 10.0. The van der Waals surface area contributed by atoms with Crippen molar-refractivity contribution >= 4 is 29.0 Å². The molecule has 0 radical (unpaired) electrons. The van der Waals surface area contributed by atoms with Gasteiger partial charge in [0.15, 0.2) is 0 Å². The summed E-state index contributed by atoms with van der Waals surface area (Å²) in [6.07, 6.45) is 5.53. The number of piperazine rings is 1. The Labute approximate surface area is 242 Å². The summed E-state index contributed by atoms with van der Waals surface area (Å²) in [6, 6.07) is 8.66. The van der Waals surface area contributed by atoms with Crippen LogP contribution in [0.4, 0.5) is 11.5 Å². The number of carbonyl (C=O) groups excluding carboxylic acids is 1. The first-order valence-corrected chi connectivity index (χ1v) is 14.5. The average Bonchev–Trinajstić information content (AvgIpc) is 3.45. The summed E-state index contributed by atoms with van der Waals surface area (Å²) in [5, 5.41) is 0.721. The van der Waals surface area contributed by atoms with Gasteiger partial charge in [0.2, 0.25) is 12.5 Å². The van der Waals surface area contributed by atoms with Gasteiger partial charge in [0.05, 0.1) is 29.6 Å². The van der Waals surface area contributed by atoms with E-state index in [0.29, 0.717) is 50.8 Å². The standard InChI is InChI=1S/C30H38ClN7O2/c1-5-28(39)38-15-14-37(18-23(38)17-32-2)29-24-12-13-36(27-9-7-6-8-25(27)31)19-26(24)33-30(34-29)40-20-21-10-11-22(16-21)35(3)4/h5-9,21-23H,1,10-20H2,3-4H3. The first-order valence-electron chi connectivity index (χ1n) is 14.1. The Morgan fingerprint density at radius 2 is 2.05 bits per heavy atom. The molecule has 1 aliphatic carbocycles. The molecule has 3 heterocycles. The molecule has 5 rings (SSSR count). The Kier molecular flexibility index (Phi) is 8.77. The van der Waals surface area contributed by atoms with Gasteiger partial charge in [-0.2, -0.15) is 9.97 Å². The third-order valence-electron chi connectivity index (χ3n) is 8.45. The number of anilines is 2. The molecule has 0 spiro atoms. The SMILES string of the molecule is [C-]#[N+]CC1CN(c2nc(OCC3CCC(N(C)C)C3)nc3c2CCN(c2ccccc2Cl)C3)CCN1C(=O)C=C. The second kappa shape index (κ2) is 12.4. The zero-order chi connectivity index (χ0) is 28.2. The van der Waals surface area contributed by atoms with Crippen molar-refractivity contribution < 1.29 is 9.53 Å². The van der Waals surface area contributed by atoms with E-state index in [1.54, 1.807) is 4.90 Å². The Balaban J connectivity index is 1.42. The quantitative estimate of drug-likeness (QED) is 0.356. The first-order chi connectivity index (χ1) is 19.4. The third-order valence-corrected chi connectivity index (χ3v) is 8.77. The van der Waals surface area contributed by atoms with Crippen molar-refractivity contribution in [1.82, 2.24) is 19.8 Å². The zero-order valence-corrected chi connectivity index (χ0v) is 24.2. The largest absolute Gasteiger partial charge is 0.463 e. The molecule has 2 aliphatic heterocycles. The first kappa shape index (κ1) is 28.2. The van der Waals surface area contributed by atoms with Gasteiger partial charge < -0.3 is 29.2 Å². The average molecular weight is 564 g/mol. The highest BCUT2D eigenvalue weighted by Crippen LogP contribution is 2.35. The number of nitrogens with zero attached hydrogens (tertiary/aromatic N) is 7. The number of fused-ring (bicyclic) bond motifs is 1. The lowest BCUT2D eigenvalue weighted by molar-refractivity contribution is -0.128. The lowest BCUT2D eigenvalue weighted by Gasteiger charge is -2.41. The number of benzene rings is 1. The molecule has 0 bridgehead atoms. The number of para-hydroxylation sites is 1. The van der Waals surface area contributed by atoms with Crippen LogP contribution in [0.1, 0.15) is 30.5 Å². The highest BCUT2D eigenvalue weighted by atomic mass is 35.5. The number of ether oxygens (including phenoxy) is 1. The van der Waals surface area contributed by atoms with Crippen molar-refractivity contribution in [2.75, 3.05) is 63.2 Å². The fraction of sp³-hybridized carbons (Fsp3) is 0.533. The lowest BCUT2D eigenvalue weighted by Crippen LogP contribution is -2.56. The monoisotopic (exact) mass is 563 g/mol. The van der Waals surface area contributed by atoms with Crippen LogP contribution < -0.4 is 14.5 Å². The predicted octanol–water partition coefficient (Wildman–Crippen LogP) is 3.92. The summed E-state index contributed by atoms with van der Waals surface area (Å²) in [7, 11) is 4.28. The normalized spacial score (nSPS) is 22.7. The van der Waals surface area contributed by atoms with Crippen molar-refractivity contribution in [1.29, 1.82) is 0 Å². The predicted molar refractivity (Wildman–Crippen MR) is 158 cm³/mol. The minimum absolute atomic E-state index is 0.134. The van der Waals surface area contributed by atoms with E-state index >= 15 is 0 Å².